The summed E-state index contributed by atoms with van der Waals surface area (Å²) in [4.78, 5) is 0. The molecule has 3 heteroatoms. The third-order valence-corrected chi connectivity index (χ3v) is 6.29. The fraction of sp³-hybridized carbons (Fsp3) is 0.786. The quantitative estimate of drug-likeness (QED) is 0.205. The van der Waals surface area contributed by atoms with E-state index in [2.05, 4.69) is 6.92 Å². The molecule has 0 aromatic heterocycles. The van der Waals surface area contributed by atoms with Crippen LogP contribution in [0.25, 0.3) is 0 Å². The highest BCUT2D eigenvalue weighted by Crippen LogP contribution is 2.23. The van der Waals surface area contributed by atoms with Gasteiger partial charge in [-0.3, -0.25) is 0 Å². The second kappa shape index (κ2) is 18.7. The van der Waals surface area contributed by atoms with Crippen LogP contribution < -0.4 is 0 Å². The highest BCUT2D eigenvalue weighted by molar-refractivity contribution is 5.16. The van der Waals surface area contributed by atoms with E-state index in [-0.39, 0.29) is 12.4 Å². The van der Waals surface area contributed by atoms with Crippen molar-refractivity contribution < 1.29 is 14.2 Å². The molecule has 0 unspecified atom stereocenters. The molecule has 3 nitrogen and oxygen atoms in total. The van der Waals surface area contributed by atoms with E-state index in [0.717, 1.165) is 18.6 Å². The SMILES string of the molecule is CCCCCCCCCCCCCCCCCCOC1COC(c2ccccc2)OC1. The number of ether oxygens (including phenoxy) is 3. The number of hydrogen-bond acceptors (Lipinski definition) is 3. The molecule has 0 spiro atoms. The summed E-state index contributed by atoms with van der Waals surface area (Å²) in [5, 5.41) is 0. The fourth-order valence-electron chi connectivity index (χ4n) is 4.28. The molecule has 1 saturated heterocycles. The summed E-state index contributed by atoms with van der Waals surface area (Å²) >= 11 is 0. The molecule has 1 aliphatic heterocycles. The normalized spacial score (nSPS) is 19.0. The summed E-state index contributed by atoms with van der Waals surface area (Å²) in [7, 11) is 0. The average molecular weight is 433 g/mol. The summed E-state index contributed by atoms with van der Waals surface area (Å²) in [6, 6.07) is 10.1. The molecule has 2 rings (SSSR count). The molecule has 0 aliphatic carbocycles. The zero-order valence-electron chi connectivity index (χ0n) is 20.2. The van der Waals surface area contributed by atoms with Crippen molar-refractivity contribution in [1.29, 1.82) is 0 Å². The van der Waals surface area contributed by atoms with Crippen LogP contribution in [0, 0.1) is 0 Å². The van der Waals surface area contributed by atoms with Crippen LogP contribution in [-0.4, -0.2) is 25.9 Å². The Balaban J connectivity index is 1.28. The first-order chi connectivity index (χ1) is 15.4. The average Bonchev–Trinajstić information content (AvgIpc) is 2.82. The van der Waals surface area contributed by atoms with Crippen molar-refractivity contribution in [3.63, 3.8) is 0 Å². The Bertz CT molecular complexity index is 496. The molecule has 0 N–H and O–H groups in total. The predicted octanol–water partition coefficient (Wildman–Crippen LogP) is 8.38. The smallest absolute Gasteiger partial charge is 0.184 e. The van der Waals surface area contributed by atoms with Gasteiger partial charge in [0.2, 0.25) is 0 Å². The van der Waals surface area contributed by atoms with Gasteiger partial charge in [0, 0.05) is 12.2 Å². The van der Waals surface area contributed by atoms with Crippen LogP contribution in [0.2, 0.25) is 0 Å². The second-order valence-electron chi connectivity index (χ2n) is 9.21. The van der Waals surface area contributed by atoms with Crippen LogP contribution in [0.5, 0.6) is 0 Å². The molecule has 31 heavy (non-hydrogen) atoms. The molecule has 0 bridgehead atoms. The van der Waals surface area contributed by atoms with Crippen molar-refractivity contribution in [1.82, 2.24) is 0 Å². The van der Waals surface area contributed by atoms with Gasteiger partial charge in [0.25, 0.3) is 0 Å². The summed E-state index contributed by atoms with van der Waals surface area (Å²) in [5.41, 5.74) is 1.08. The highest BCUT2D eigenvalue weighted by Gasteiger charge is 2.23. The van der Waals surface area contributed by atoms with Crippen LogP contribution in [-0.2, 0) is 14.2 Å². The first-order valence-corrected chi connectivity index (χ1v) is 13.3. The maximum absolute atomic E-state index is 5.94. The van der Waals surface area contributed by atoms with Crippen LogP contribution in [0.15, 0.2) is 30.3 Å². The van der Waals surface area contributed by atoms with Gasteiger partial charge in [0.1, 0.15) is 6.10 Å². The van der Waals surface area contributed by atoms with E-state index in [1.165, 1.54) is 96.3 Å². The van der Waals surface area contributed by atoms with E-state index in [1.807, 2.05) is 30.3 Å². The fourth-order valence-corrected chi connectivity index (χ4v) is 4.28. The molecule has 0 atom stereocenters. The molecule has 0 amide bonds. The van der Waals surface area contributed by atoms with E-state index >= 15 is 0 Å². The Kier molecular flexibility index (Phi) is 15.9. The maximum Gasteiger partial charge on any atom is 0.184 e. The third-order valence-electron chi connectivity index (χ3n) is 6.29. The minimum absolute atomic E-state index is 0.0799. The molecule has 1 heterocycles. The van der Waals surface area contributed by atoms with Gasteiger partial charge in [-0.1, -0.05) is 134 Å². The molecule has 1 aliphatic rings. The molecule has 0 saturated carbocycles. The molecule has 1 aromatic rings. The Morgan fingerprint density at radius 3 is 1.58 bits per heavy atom. The first kappa shape index (κ1) is 26.4. The van der Waals surface area contributed by atoms with Crippen molar-refractivity contribution in [3.8, 4) is 0 Å². The van der Waals surface area contributed by atoms with E-state index in [0.29, 0.717) is 13.2 Å². The number of rotatable bonds is 19. The van der Waals surface area contributed by atoms with Crippen molar-refractivity contribution in [2.45, 2.75) is 122 Å². The van der Waals surface area contributed by atoms with Gasteiger partial charge in [-0.25, -0.2) is 0 Å². The van der Waals surface area contributed by atoms with Gasteiger partial charge in [-0.05, 0) is 6.42 Å². The molecule has 1 aromatic carbocycles. The van der Waals surface area contributed by atoms with Crippen molar-refractivity contribution in [2.75, 3.05) is 19.8 Å². The highest BCUT2D eigenvalue weighted by atomic mass is 16.7. The monoisotopic (exact) mass is 432 g/mol. The summed E-state index contributed by atoms with van der Waals surface area (Å²) < 4.78 is 17.6. The number of hydrogen-bond donors (Lipinski definition) is 0. The Labute approximate surface area is 192 Å². The summed E-state index contributed by atoms with van der Waals surface area (Å²) in [6.45, 7) is 4.36. The Morgan fingerprint density at radius 2 is 1.10 bits per heavy atom. The predicted molar refractivity (Wildman–Crippen MR) is 130 cm³/mol. The van der Waals surface area contributed by atoms with E-state index < -0.39 is 0 Å². The van der Waals surface area contributed by atoms with Crippen molar-refractivity contribution in [3.05, 3.63) is 35.9 Å². The summed E-state index contributed by atoms with van der Waals surface area (Å²) in [5.74, 6) is 0. The lowest BCUT2D eigenvalue weighted by Crippen LogP contribution is -2.33. The lowest BCUT2D eigenvalue weighted by atomic mass is 10.0. The van der Waals surface area contributed by atoms with Crippen molar-refractivity contribution in [2.24, 2.45) is 0 Å². The molecular formula is C28H48O3. The Morgan fingerprint density at radius 1 is 0.645 bits per heavy atom. The van der Waals surface area contributed by atoms with Crippen molar-refractivity contribution >= 4 is 0 Å². The van der Waals surface area contributed by atoms with Gasteiger partial charge < -0.3 is 14.2 Å². The van der Waals surface area contributed by atoms with Gasteiger partial charge >= 0.3 is 0 Å². The van der Waals surface area contributed by atoms with E-state index in [4.69, 9.17) is 14.2 Å². The van der Waals surface area contributed by atoms with E-state index in [1.54, 1.807) is 0 Å². The summed E-state index contributed by atoms with van der Waals surface area (Å²) in [6.07, 6.45) is 22.2. The zero-order chi connectivity index (χ0) is 21.8. The first-order valence-electron chi connectivity index (χ1n) is 13.3. The van der Waals surface area contributed by atoms with Crippen LogP contribution in [0.4, 0.5) is 0 Å². The lowest BCUT2D eigenvalue weighted by Gasteiger charge is -2.29. The maximum atomic E-state index is 5.94. The van der Waals surface area contributed by atoms with Gasteiger partial charge in [-0.2, -0.15) is 0 Å². The number of benzene rings is 1. The van der Waals surface area contributed by atoms with Gasteiger partial charge in [0.15, 0.2) is 6.29 Å². The molecular weight excluding hydrogens is 384 g/mol. The standard InChI is InChI=1S/C28H48O3/c1-2-3-4-5-6-7-8-9-10-11-12-13-14-15-16-20-23-29-27-24-30-28(31-25-27)26-21-18-17-19-22-26/h17-19,21-22,27-28H,2-16,20,23-25H2,1H3. The minimum atomic E-state index is -0.239. The minimum Gasteiger partial charge on any atom is -0.373 e. The molecule has 178 valence electrons. The Hall–Kier alpha value is -0.900. The van der Waals surface area contributed by atoms with Crippen LogP contribution in [0.1, 0.15) is 122 Å². The van der Waals surface area contributed by atoms with Gasteiger partial charge in [0.05, 0.1) is 13.2 Å². The van der Waals surface area contributed by atoms with Crippen LogP contribution in [0.3, 0.4) is 0 Å². The molecule has 1 fully saturated rings. The third kappa shape index (κ3) is 13.3. The molecule has 0 radical (unpaired) electrons. The van der Waals surface area contributed by atoms with E-state index in [9.17, 15) is 0 Å². The number of unbranched alkanes of at least 4 members (excludes halogenated alkanes) is 15. The largest absolute Gasteiger partial charge is 0.373 e. The second-order valence-corrected chi connectivity index (χ2v) is 9.21. The van der Waals surface area contributed by atoms with Crippen LogP contribution >= 0.6 is 0 Å². The zero-order valence-corrected chi connectivity index (χ0v) is 20.2. The lowest BCUT2D eigenvalue weighted by molar-refractivity contribution is -0.230. The van der Waals surface area contributed by atoms with Gasteiger partial charge in [-0.15, -0.1) is 0 Å². The topological polar surface area (TPSA) is 27.7 Å².